The van der Waals surface area contributed by atoms with Gasteiger partial charge in [-0.1, -0.05) is 18.0 Å². The highest BCUT2D eigenvalue weighted by Crippen LogP contribution is 2.25. The molecule has 4 nitrogen and oxygen atoms in total. The van der Waals surface area contributed by atoms with Crippen LogP contribution in [0.5, 0.6) is 0 Å². The van der Waals surface area contributed by atoms with E-state index in [-0.39, 0.29) is 24.0 Å². The zero-order chi connectivity index (χ0) is 14.0. The number of nitrogens with one attached hydrogen (secondary N) is 1. The molecule has 2 atom stereocenters. The van der Waals surface area contributed by atoms with E-state index in [4.69, 9.17) is 11.6 Å². The van der Waals surface area contributed by atoms with Gasteiger partial charge in [0.25, 0.3) is 5.91 Å². The lowest BCUT2D eigenvalue weighted by Crippen LogP contribution is -2.33. The molecule has 0 radical (unpaired) electrons. The van der Waals surface area contributed by atoms with Crippen LogP contribution in [0, 0.1) is 5.92 Å². The summed E-state index contributed by atoms with van der Waals surface area (Å²) in [5.41, 5.74) is 0.576. The molecule has 1 aliphatic carbocycles. The smallest absolute Gasteiger partial charge is 0.267 e. The molecule has 19 heavy (non-hydrogen) atoms. The van der Waals surface area contributed by atoms with Crippen LogP contribution in [0.25, 0.3) is 0 Å². The minimum absolute atomic E-state index is 0.125. The fraction of sp³-hybridized carbons (Fsp3) is 0.643. The summed E-state index contributed by atoms with van der Waals surface area (Å²) in [6, 6.07) is 1.87. The highest BCUT2D eigenvalue weighted by atomic mass is 35.5. The van der Waals surface area contributed by atoms with Gasteiger partial charge >= 0.3 is 0 Å². The number of rotatable bonds is 4. The van der Waals surface area contributed by atoms with Crippen molar-refractivity contribution >= 4 is 17.5 Å². The topological polar surface area (TPSA) is 54.3 Å². The lowest BCUT2D eigenvalue weighted by molar-refractivity contribution is 0.0906. The van der Waals surface area contributed by atoms with Crippen molar-refractivity contribution < 1.29 is 9.90 Å². The molecule has 1 fully saturated rings. The molecule has 2 N–H and O–H groups in total. The van der Waals surface area contributed by atoms with Crippen molar-refractivity contribution in [2.75, 3.05) is 6.54 Å². The van der Waals surface area contributed by atoms with Crippen molar-refractivity contribution in [1.29, 1.82) is 0 Å². The van der Waals surface area contributed by atoms with Gasteiger partial charge in [0.1, 0.15) is 5.69 Å². The maximum Gasteiger partial charge on any atom is 0.267 e. The van der Waals surface area contributed by atoms with Gasteiger partial charge < -0.3 is 15.0 Å². The van der Waals surface area contributed by atoms with E-state index >= 15 is 0 Å². The van der Waals surface area contributed by atoms with Crippen LogP contribution in [0.3, 0.4) is 0 Å². The summed E-state index contributed by atoms with van der Waals surface area (Å²) in [4.78, 5) is 12.2. The lowest BCUT2D eigenvalue weighted by Gasteiger charge is -2.16. The van der Waals surface area contributed by atoms with Crippen molar-refractivity contribution in [3.05, 3.63) is 23.0 Å². The Morgan fingerprint density at radius 3 is 2.89 bits per heavy atom. The number of hydrogen-bond acceptors (Lipinski definition) is 2. The number of carbonyl (C=O) groups is 1. The first kappa shape index (κ1) is 14.4. The molecule has 0 spiro atoms. The van der Waals surface area contributed by atoms with Gasteiger partial charge in [-0.15, -0.1) is 0 Å². The SMILES string of the molecule is CC(C)n1cc(Cl)cc1C(=O)NCC1CCCC1O. The minimum Gasteiger partial charge on any atom is -0.393 e. The maximum atomic E-state index is 12.2. The Morgan fingerprint density at radius 1 is 1.58 bits per heavy atom. The van der Waals surface area contributed by atoms with Crippen LogP contribution in [-0.2, 0) is 0 Å². The van der Waals surface area contributed by atoms with Gasteiger partial charge in [-0.25, -0.2) is 0 Å². The van der Waals surface area contributed by atoms with Crippen molar-refractivity contribution in [3.63, 3.8) is 0 Å². The molecule has 0 bridgehead atoms. The van der Waals surface area contributed by atoms with Crippen LogP contribution in [0.2, 0.25) is 5.02 Å². The molecule has 0 saturated heterocycles. The number of nitrogens with zero attached hydrogens (tertiary/aromatic N) is 1. The summed E-state index contributed by atoms with van der Waals surface area (Å²) in [5, 5.41) is 13.2. The van der Waals surface area contributed by atoms with Gasteiger partial charge in [-0.3, -0.25) is 4.79 Å². The van der Waals surface area contributed by atoms with E-state index in [1.165, 1.54) is 0 Å². The summed E-state index contributed by atoms with van der Waals surface area (Å²) >= 11 is 5.96. The van der Waals surface area contributed by atoms with E-state index in [0.29, 0.717) is 17.3 Å². The number of aliphatic hydroxyl groups is 1. The third-order valence-corrected chi connectivity index (χ3v) is 3.95. The third kappa shape index (κ3) is 3.31. The van der Waals surface area contributed by atoms with Crippen LogP contribution < -0.4 is 5.32 Å². The Morgan fingerprint density at radius 2 is 2.32 bits per heavy atom. The fourth-order valence-electron chi connectivity index (χ4n) is 2.62. The van der Waals surface area contributed by atoms with Gasteiger partial charge in [0.2, 0.25) is 0 Å². The van der Waals surface area contributed by atoms with Gasteiger partial charge in [0.15, 0.2) is 0 Å². The van der Waals surface area contributed by atoms with E-state index in [2.05, 4.69) is 5.32 Å². The van der Waals surface area contributed by atoms with Gasteiger partial charge in [0, 0.05) is 24.7 Å². The third-order valence-electron chi connectivity index (χ3n) is 3.75. The Hall–Kier alpha value is -1.00. The molecule has 0 aliphatic heterocycles. The second-order valence-electron chi connectivity index (χ2n) is 5.51. The Kier molecular flexibility index (Phi) is 4.53. The quantitative estimate of drug-likeness (QED) is 0.893. The Balaban J connectivity index is 1.99. The monoisotopic (exact) mass is 284 g/mol. The van der Waals surface area contributed by atoms with Crippen LogP contribution in [0.15, 0.2) is 12.3 Å². The van der Waals surface area contributed by atoms with Gasteiger partial charge in [0.05, 0.1) is 11.1 Å². The number of amides is 1. The van der Waals surface area contributed by atoms with Crippen molar-refractivity contribution in [3.8, 4) is 0 Å². The molecule has 106 valence electrons. The average molecular weight is 285 g/mol. The highest BCUT2D eigenvalue weighted by molar-refractivity contribution is 6.31. The van der Waals surface area contributed by atoms with Crippen LogP contribution in [0.1, 0.15) is 49.6 Å². The summed E-state index contributed by atoms with van der Waals surface area (Å²) in [6.45, 7) is 4.54. The molecule has 1 heterocycles. The fourth-order valence-corrected chi connectivity index (χ4v) is 2.83. The summed E-state index contributed by atoms with van der Waals surface area (Å²) in [6.07, 6.45) is 4.35. The van der Waals surface area contributed by atoms with Gasteiger partial charge in [-0.05, 0) is 32.8 Å². The normalized spacial score (nSPS) is 23.0. The molecule has 1 aromatic heterocycles. The van der Waals surface area contributed by atoms with Crippen molar-refractivity contribution in [1.82, 2.24) is 9.88 Å². The number of aromatic nitrogens is 1. The summed E-state index contributed by atoms with van der Waals surface area (Å²) < 4.78 is 1.86. The first-order chi connectivity index (χ1) is 8.99. The Bertz CT molecular complexity index is 456. The maximum absolute atomic E-state index is 12.2. The zero-order valence-electron chi connectivity index (χ0n) is 11.4. The van der Waals surface area contributed by atoms with E-state index in [1.807, 2.05) is 18.4 Å². The van der Waals surface area contributed by atoms with E-state index in [0.717, 1.165) is 19.3 Å². The van der Waals surface area contributed by atoms with Gasteiger partial charge in [-0.2, -0.15) is 0 Å². The van der Waals surface area contributed by atoms with Crippen LogP contribution >= 0.6 is 11.6 Å². The summed E-state index contributed by atoms with van der Waals surface area (Å²) in [7, 11) is 0. The summed E-state index contributed by atoms with van der Waals surface area (Å²) in [5.74, 6) is 0.0570. The van der Waals surface area contributed by atoms with E-state index in [1.54, 1.807) is 12.3 Å². The molecule has 2 rings (SSSR count). The standard InChI is InChI=1S/C14H21ClN2O2/c1-9(2)17-8-11(15)6-12(17)14(19)16-7-10-4-3-5-13(10)18/h6,8-10,13,18H,3-5,7H2,1-2H3,(H,16,19). The number of halogens is 1. The number of carbonyl (C=O) groups excluding carboxylic acids is 1. The first-order valence-corrected chi connectivity index (χ1v) is 7.20. The second kappa shape index (κ2) is 5.97. The number of aliphatic hydroxyl groups excluding tert-OH is 1. The molecule has 5 heteroatoms. The first-order valence-electron chi connectivity index (χ1n) is 6.82. The zero-order valence-corrected chi connectivity index (χ0v) is 12.2. The predicted molar refractivity (Wildman–Crippen MR) is 75.5 cm³/mol. The molecule has 0 aromatic carbocycles. The molecule has 1 amide bonds. The predicted octanol–water partition coefficient (Wildman–Crippen LogP) is 2.61. The molecular formula is C14H21ClN2O2. The van der Waals surface area contributed by atoms with Crippen LogP contribution in [-0.4, -0.2) is 28.2 Å². The molecular weight excluding hydrogens is 264 g/mol. The molecule has 2 unspecified atom stereocenters. The van der Waals surface area contributed by atoms with Crippen molar-refractivity contribution in [2.24, 2.45) is 5.92 Å². The minimum atomic E-state index is -0.277. The molecule has 1 saturated carbocycles. The van der Waals surface area contributed by atoms with E-state index < -0.39 is 0 Å². The average Bonchev–Trinajstić information content (AvgIpc) is 2.92. The second-order valence-corrected chi connectivity index (χ2v) is 5.95. The Labute approximate surface area is 118 Å². The largest absolute Gasteiger partial charge is 0.393 e. The van der Waals surface area contributed by atoms with E-state index in [9.17, 15) is 9.90 Å². The molecule has 1 aromatic rings. The lowest BCUT2D eigenvalue weighted by atomic mass is 10.1. The van der Waals surface area contributed by atoms with Crippen LogP contribution in [0.4, 0.5) is 0 Å². The molecule has 1 aliphatic rings. The van der Waals surface area contributed by atoms with Crippen molar-refractivity contribution in [2.45, 2.75) is 45.3 Å². The highest BCUT2D eigenvalue weighted by Gasteiger charge is 2.26. The number of hydrogen-bond donors (Lipinski definition) is 2.